The molecule has 0 saturated heterocycles. The van der Waals surface area contributed by atoms with Crippen LogP contribution in [0.1, 0.15) is 11.4 Å². The van der Waals surface area contributed by atoms with E-state index in [1.165, 1.54) is 5.69 Å². The van der Waals surface area contributed by atoms with Crippen LogP contribution in [-0.4, -0.2) is 14.4 Å². The number of hydrogen-bond donors (Lipinski definition) is 0. The summed E-state index contributed by atoms with van der Waals surface area (Å²) < 4.78 is 2.03. The Bertz CT molecular complexity index is 389. The molecule has 0 bridgehead atoms. The van der Waals surface area contributed by atoms with Crippen molar-refractivity contribution in [1.82, 2.24) is 14.4 Å². The standard InChI is InChI=1S/C8H9N3/c1-6-7(2)11-4-3-9-5-8(11)10-6/h3-5H,1-2H3. The second-order valence-corrected chi connectivity index (χ2v) is 2.59. The first-order chi connectivity index (χ1) is 5.29. The van der Waals surface area contributed by atoms with Gasteiger partial charge in [-0.05, 0) is 13.8 Å². The highest BCUT2D eigenvalue weighted by Crippen LogP contribution is 2.07. The Balaban J connectivity index is 2.92. The summed E-state index contributed by atoms with van der Waals surface area (Å²) in [5, 5.41) is 0. The van der Waals surface area contributed by atoms with Crippen LogP contribution in [0, 0.1) is 13.8 Å². The summed E-state index contributed by atoms with van der Waals surface area (Å²) in [5.74, 6) is 0. The third kappa shape index (κ3) is 0.808. The molecule has 0 aliphatic heterocycles. The molecule has 0 amide bonds. The van der Waals surface area contributed by atoms with Crippen molar-refractivity contribution >= 4 is 5.65 Å². The molecule has 56 valence electrons. The average Bonchev–Trinajstić information content (AvgIpc) is 2.30. The summed E-state index contributed by atoms with van der Waals surface area (Å²) in [5.41, 5.74) is 3.17. The Hall–Kier alpha value is -1.38. The van der Waals surface area contributed by atoms with Crippen LogP contribution in [0.5, 0.6) is 0 Å². The van der Waals surface area contributed by atoms with Crippen LogP contribution in [0.25, 0.3) is 5.65 Å². The molecule has 3 nitrogen and oxygen atoms in total. The summed E-state index contributed by atoms with van der Waals surface area (Å²) >= 11 is 0. The van der Waals surface area contributed by atoms with Gasteiger partial charge in [0.1, 0.15) is 0 Å². The molecular weight excluding hydrogens is 138 g/mol. The zero-order valence-corrected chi connectivity index (χ0v) is 6.57. The molecule has 0 aromatic carbocycles. The van der Waals surface area contributed by atoms with Crippen molar-refractivity contribution in [3.63, 3.8) is 0 Å². The van der Waals surface area contributed by atoms with Crippen LogP contribution < -0.4 is 0 Å². The molecule has 3 heteroatoms. The highest BCUT2D eigenvalue weighted by Gasteiger charge is 2.01. The zero-order chi connectivity index (χ0) is 7.84. The average molecular weight is 147 g/mol. The molecule has 11 heavy (non-hydrogen) atoms. The molecule has 0 aliphatic carbocycles. The van der Waals surface area contributed by atoms with Gasteiger partial charge in [-0.3, -0.25) is 4.98 Å². The maximum absolute atomic E-state index is 4.31. The van der Waals surface area contributed by atoms with Gasteiger partial charge in [0.15, 0.2) is 5.65 Å². The monoisotopic (exact) mass is 147 g/mol. The van der Waals surface area contributed by atoms with Crippen molar-refractivity contribution in [3.05, 3.63) is 30.0 Å². The Morgan fingerprint density at radius 2 is 2.18 bits per heavy atom. The van der Waals surface area contributed by atoms with Crippen LogP contribution in [0.15, 0.2) is 18.6 Å². The van der Waals surface area contributed by atoms with E-state index in [-0.39, 0.29) is 0 Å². The van der Waals surface area contributed by atoms with E-state index in [0.29, 0.717) is 0 Å². The maximum atomic E-state index is 4.31. The molecule has 0 saturated carbocycles. The molecule has 0 atom stereocenters. The first-order valence-corrected chi connectivity index (χ1v) is 3.54. The molecule has 0 radical (unpaired) electrons. The third-order valence-electron chi connectivity index (χ3n) is 1.91. The number of aryl methyl sites for hydroxylation is 2. The lowest BCUT2D eigenvalue weighted by Crippen LogP contribution is -1.86. The van der Waals surface area contributed by atoms with E-state index >= 15 is 0 Å². The van der Waals surface area contributed by atoms with Gasteiger partial charge < -0.3 is 4.40 Å². The van der Waals surface area contributed by atoms with Crippen LogP contribution >= 0.6 is 0 Å². The maximum Gasteiger partial charge on any atom is 0.155 e. The second kappa shape index (κ2) is 2.05. The van der Waals surface area contributed by atoms with Gasteiger partial charge in [0.25, 0.3) is 0 Å². The Kier molecular flexibility index (Phi) is 1.18. The number of rotatable bonds is 0. The lowest BCUT2D eigenvalue weighted by Gasteiger charge is -1.92. The predicted octanol–water partition coefficient (Wildman–Crippen LogP) is 1.35. The van der Waals surface area contributed by atoms with Crippen LogP contribution in [-0.2, 0) is 0 Å². The lowest BCUT2D eigenvalue weighted by molar-refractivity contribution is 1.07. The van der Waals surface area contributed by atoms with Crippen LogP contribution in [0.4, 0.5) is 0 Å². The van der Waals surface area contributed by atoms with Gasteiger partial charge in [0, 0.05) is 18.1 Å². The van der Waals surface area contributed by atoms with Crippen LogP contribution in [0.3, 0.4) is 0 Å². The molecule has 2 aromatic heterocycles. The first kappa shape index (κ1) is 6.34. The van der Waals surface area contributed by atoms with E-state index in [2.05, 4.69) is 16.9 Å². The Morgan fingerprint density at radius 3 is 2.91 bits per heavy atom. The summed E-state index contributed by atoms with van der Waals surface area (Å²) in [6.07, 6.45) is 5.45. The fraction of sp³-hybridized carbons (Fsp3) is 0.250. The minimum atomic E-state index is 0.919. The molecule has 2 heterocycles. The van der Waals surface area contributed by atoms with E-state index in [1.807, 2.05) is 17.5 Å². The van der Waals surface area contributed by atoms with Gasteiger partial charge in [0.2, 0.25) is 0 Å². The van der Waals surface area contributed by atoms with Crippen molar-refractivity contribution in [3.8, 4) is 0 Å². The number of fused-ring (bicyclic) bond motifs is 1. The van der Waals surface area contributed by atoms with E-state index in [4.69, 9.17) is 0 Å². The molecular formula is C8H9N3. The van der Waals surface area contributed by atoms with E-state index in [0.717, 1.165) is 11.3 Å². The molecule has 2 rings (SSSR count). The normalized spacial score (nSPS) is 10.7. The van der Waals surface area contributed by atoms with Crippen molar-refractivity contribution in [2.45, 2.75) is 13.8 Å². The van der Waals surface area contributed by atoms with Gasteiger partial charge >= 0.3 is 0 Å². The van der Waals surface area contributed by atoms with Crippen molar-refractivity contribution in [2.75, 3.05) is 0 Å². The van der Waals surface area contributed by atoms with Gasteiger partial charge in [-0.25, -0.2) is 4.98 Å². The number of imidazole rings is 1. The first-order valence-electron chi connectivity index (χ1n) is 3.54. The Labute approximate surface area is 64.7 Å². The molecule has 0 spiro atoms. The highest BCUT2D eigenvalue weighted by molar-refractivity contribution is 5.39. The quantitative estimate of drug-likeness (QED) is 0.563. The molecule has 0 N–H and O–H groups in total. The summed E-state index contributed by atoms with van der Waals surface area (Å²) in [4.78, 5) is 8.30. The molecule has 0 fully saturated rings. The Morgan fingerprint density at radius 1 is 1.36 bits per heavy atom. The van der Waals surface area contributed by atoms with Crippen molar-refractivity contribution in [1.29, 1.82) is 0 Å². The lowest BCUT2D eigenvalue weighted by atomic mass is 10.4. The topological polar surface area (TPSA) is 30.2 Å². The van der Waals surface area contributed by atoms with E-state index in [9.17, 15) is 0 Å². The molecule has 0 unspecified atom stereocenters. The SMILES string of the molecule is Cc1nc2cnccn2c1C. The fourth-order valence-corrected chi connectivity index (χ4v) is 1.15. The minimum Gasteiger partial charge on any atom is -0.301 e. The zero-order valence-electron chi connectivity index (χ0n) is 6.57. The summed E-state index contributed by atoms with van der Waals surface area (Å²) in [6, 6.07) is 0. The molecule has 0 aliphatic rings. The van der Waals surface area contributed by atoms with Gasteiger partial charge in [-0.1, -0.05) is 0 Å². The summed E-state index contributed by atoms with van der Waals surface area (Å²) in [7, 11) is 0. The van der Waals surface area contributed by atoms with Gasteiger partial charge in [-0.2, -0.15) is 0 Å². The largest absolute Gasteiger partial charge is 0.301 e. The van der Waals surface area contributed by atoms with Crippen molar-refractivity contribution in [2.24, 2.45) is 0 Å². The molecule has 2 aromatic rings. The number of hydrogen-bond acceptors (Lipinski definition) is 2. The third-order valence-corrected chi connectivity index (χ3v) is 1.91. The van der Waals surface area contributed by atoms with Gasteiger partial charge in [0.05, 0.1) is 11.9 Å². The van der Waals surface area contributed by atoms with Crippen molar-refractivity contribution < 1.29 is 0 Å². The number of nitrogens with zero attached hydrogens (tertiary/aromatic N) is 3. The number of aromatic nitrogens is 3. The van der Waals surface area contributed by atoms with Crippen LogP contribution in [0.2, 0.25) is 0 Å². The predicted molar refractivity (Wildman–Crippen MR) is 42.5 cm³/mol. The minimum absolute atomic E-state index is 0.919. The smallest absolute Gasteiger partial charge is 0.155 e. The second-order valence-electron chi connectivity index (χ2n) is 2.59. The van der Waals surface area contributed by atoms with Gasteiger partial charge in [-0.15, -0.1) is 0 Å². The van der Waals surface area contributed by atoms with E-state index < -0.39 is 0 Å². The fourth-order valence-electron chi connectivity index (χ4n) is 1.15. The van der Waals surface area contributed by atoms with E-state index in [1.54, 1.807) is 12.4 Å². The summed E-state index contributed by atoms with van der Waals surface area (Å²) in [6.45, 7) is 4.05. The highest BCUT2D eigenvalue weighted by atomic mass is 15.0.